The van der Waals surface area contributed by atoms with E-state index >= 15 is 0 Å². The third-order valence-electron chi connectivity index (χ3n) is 4.85. The SMILES string of the molecule is C[SiH](C)Oc1c(C(=O)CO[Si](C)(C)C(C)(C)C)cccc1C(C)(C)C. The monoisotopic (exact) mass is 380 g/mol. The van der Waals surface area contributed by atoms with Gasteiger partial charge in [0, 0.05) is 0 Å². The molecule has 0 bridgehead atoms. The largest absolute Gasteiger partial charge is 0.546 e. The fourth-order valence-corrected chi connectivity index (χ4v) is 3.90. The average molecular weight is 381 g/mol. The molecule has 142 valence electrons. The normalized spacial score (nSPS) is 13.2. The smallest absolute Gasteiger partial charge is 0.229 e. The third kappa shape index (κ3) is 5.79. The summed E-state index contributed by atoms with van der Waals surface area (Å²) in [5, 5.41) is 0.0880. The Balaban J connectivity index is 3.18. The van der Waals surface area contributed by atoms with Crippen LogP contribution in [0.4, 0.5) is 0 Å². The molecular weight excluding hydrogens is 344 g/mol. The highest BCUT2D eigenvalue weighted by molar-refractivity contribution is 6.74. The van der Waals surface area contributed by atoms with Crippen LogP contribution in [0.3, 0.4) is 0 Å². The molecule has 1 aromatic carbocycles. The quantitative estimate of drug-likeness (QED) is 0.479. The van der Waals surface area contributed by atoms with Gasteiger partial charge in [0.1, 0.15) is 5.75 Å². The first-order valence-corrected chi connectivity index (χ1v) is 14.8. The van der Waals surface area contributed by atoms with E-state index in [0.717, 1.165) is 11.3 Å². The minimum atomic E-state index is -1.95. The molecule has 25 heavy (non-hydrogen) atoms. The van der Waals surface area contributed by atoms with Crippen LogP contribution < -0.4 is 4.43 Å². The molecule has 0 saturated carbocycles. The zero-order valence-electron chi connectivity index (χ0n) is 17.7. The molecule has 0 radical (unpaired) electrons. The van der Waals surface area contributed by atoms with Crippen LogP contribution in [0.25, 0.3) is 0 Å². The predicted octanol–water partition coefficient (Wildman–Crippen LogP) is 5.55. The van der Waals surface area contributed by atoms with Crippen molar-refractivity contribution in [1.29, 1.82) is 0 Å². The van der Waals surface area contributed by atoms with Crippen molar-refractivity contribution in [3.63, 3.8) is 0 Å². The van der Waals surface area contributed by atoms with Crippen molar-refractivity contribution in [2.24, 2.45) is 0 Å². The standard InChI is InChI=1S/C20H36O3Si2/c1-19(2,3)16-13-11-12-15(18(16)23-24(7)8)17(21)14-22-25(9,10)20(4,5)6/h11-13,24H,14H2,1-10H3. The van der Waals surface area contributed by atoms with Gasteiger partial charge in [-0.05, 0) is 48.3 Å². The summed E-state index contributed by atoms with van der Waals surface area (Å²) in [7, 11) is -3.28. The molecule has 0 heterocycles. The Bertz CT molecular complexity index is 608. The molecular formula is C20H36O3Si2. The summed E-state index contributed by atoms with van der Waals surface area (Å²) >= 11 is 0. The highest BCUT2D eigenvalue weighted by Gasteiger charge is 2.38. The lowest BCUT2D eigenvalue weighted by Crippen LogP contribution is -2.42. The summed E-state index contributed by atoms with van der Waals surface area (Å²) < 4.78 is 12.3. The van der Waals surface area contributed by atoms with E-state index in [9.17, 15) is 4.79 Å². The minimum absolute atomic E-state index is 0.0144. The molecule has 0 N–H and O–H groups in total. The number of rotatable bonds is 6. The first-order chi connectivity index (χ1) is 11.2. The summed E-state index contributed by atoms with van der Waals surface area (Å²) in [6.45, 7) is 21.7. The lowest BCUT2D eigenvalue weighted by Gasteiger charge is -2.36. The average Bonchev–Trinajstić information content (AvgIpc) is 2.42. The molecule has 0 aliphatic rings. The van der Waals surface area contributed by atoms with Gasteiger partial charge in [0.15, 0.2) is 14.1 Å². The molecule has 0 aliphatic heterocycles. The van der Waals surface area contributed by atoms with E-state index in [1.165, 1.54) is 0 Å². The number of carbonyl (C=O) groups is 1. The second kappa shape index (κ2) is 7.76. The molecule has 0 unspecified atom stereocenters. The van der Waals surface area contributed by atoms with Crippen LogP contribution in [-0.4, -0.2) is 29.7 Å². The number of benzene rings is 1. The Hall–Kier alpha value is -0.916. The van der Waals surface area contributed by atoms with Crippen molar-refractivity contribution in [1.82, 2.24) is 0 Å². The van der Waals surface area contributed by atoms with Crippen LogP contribution in [0.5, 0.6) is 5.75 Å². The highest BCUT2D eigenvalue weighted by atomic mass is 28.4. The van der Waals surface area contributed by atoms with Gasteiger partial charge in [-0.3, -0.25) is 4.79 Å². The van der Waals surface area contributed by atoms with Crippen LogP contribution in [-0.2, 0) is 9.84 Å². The fraction of sp³-hybridized carbons (Fsp3) is 0.650. The van der Waals surface area contributed by atoms with E-state index in [-0.39, 0.29) is 22.8 Å². The van der Waals surface area contributed by atoms with E-state index in [2.05, 4.69) is 73.8 Å². The molecule has 0 aromatic heterocycles. The number of hydrogen-bond acceptors (Lipinski definition) is 3. The van der Waals surface area contributed by atoms with Crippen molar-refractivity contribution < 1.29 is 13.6 Å². The zero-order valence-corrected chi connectivity index (χ0v) is 19.9. The van der Waals surface area contributed by atoms with E-state index in [1.54, 1.807) is 0 Å². The molecule has 1 aromatic rings. The van der Waals surface area contributed by atoms with E-state index < -0.39 is 17.4 Å². The van der Waals surface area contributed by atoms with Gasteiger partial charge in [0.05, 0.1) is 12.2 Å². The Morgan fingerprint density at radius 3 is 2.08 bits per heavy atom. The molecule has 0 spiro atoms. The topological polar surface area (TPSA) is 35.5 Å². The number of Topliss-reactive ketones (excluding diaryl/α,β-unsaturated/α-hetero) is 1. The first-order valence-electron chi connectivity index (χ1n) is 9.14. The molecule has 0 fully saturated rings. The summed E-state index contributed by atoms with van der Waals surface area (Å²) in [5.41, 5.74) is 1.68. The predicted molar refractivity (Wildman–Crippen MR) is 112 cm³/mol. The van der Waals surface area contributed by atoms with Gasteiger partial charge in [-0.15, -0.1) is 0 Å². The van der Waals surface area contributed by atoms with Gasteiger partial charge in [-0.1, -0.05) is 53.7 Å². The summed E-state index contributed by atoms with van der Waals surface area (Å²) in [6, 6.07) is 5.89. The van der Waals surface area contributed by atoms with Crippen molar-refractivity contribution >= 4 is 23.1 Å². The molecule has 0 amide bonds. The van der Waals surface area contributed by atoms with Crippen LogP contribution >= 0.6 is 0 Å². The number of hydrogen-bond donors (Lipinski definition) is 0. The Morgan fingerprint density at radius 2 is 1.64 bits per heavy atom. The minimum Gasteiger partial charge on any atom is -0.546 e. The second-order valence-corrected chi connectivity index (χ2v) is 16.7. The molecule has 3 nitrogen and oxygen atoms in total. The van der Waals surface area contributed by atoms with Crippen molar-refractivity contribution in [3.8, 4) is 5.75 Å². The number of ketones is 1. The van der Waals surface area contributed by atoms with Crippen LogP contribution in [0.15, 0.2) is 18.2 Å². The maximum atomic E-state index is 12.9. The Kier molecular flexibility index (Phi) is 6.87. The molecule has 0 saturated heterocycles. The lowest BCUT2D eigenvalue weighted by molar-refractivity contribution is 0.0909. The van der Waals surface area contributed by atoms with Crippen LogP contribution in [0, 0.1) is 0 Å². The maximum absolute atomic E-state index is 12.9. The van der Waals surface area contributed by atoms with Gasteiger partial charge in [0.25, 0.3) is 0 Å². The molecule has 1 rings (SSSR count). The number of para-hydroxylation sites is 1. The van der Waals surface area contributed by atoms with Crippen molar-refractivity contribution in [2.75, 3.05) is 6.61 Å². The van der Waals surface area contributed by atoms with Gasteiger partial charge in [-0.2, -0.15) is 0 Å². The van der Waals surface area contributed by atoms with E-state index in [4.69, 9.17) is 8.85 Å². The first kappa shape index (κ1) is 22.1. The fourth-order valence-electron chi connectivity index (χ4n) is 2.25. The van der Waals surface area contributed by atoms with Crippen LogP contribution in [0.1, 0.15) is 57.5 Å². The zero-order chi connectivity index (χ0) is 19.6. The third-order valence-corrected chi connectivity index (χ3v) is 10.0. The van der Waals surface area contributed by atoms with Crippen molar-refractivity contribution in [3.05, 3.63) is 29.3 Å². The Morgan fingerprint density at radius 1 is 1.08 bits per heavy atom. The number of carbonyl (C=O) groups excluding carboxylic acids is 1. The van der Waals surface area contributed by atoms with Gasteiger partial charge >= 0.3 is 0 Å². The van der Waals surface area contributed by atoms with E-state index in [0.29, 0.717) is 5.56 Å². The van der Waals surface area contributed by atoms with Crippen LogP contribution in [0.2, 0.25) is 31.2 Å². The highest BCUT2D eigenvalue weighted by Crippen LogP contribution is 2.38. The summed E-state index contributed by atoms with van der Waals surface area (Å²) in [5.74, 6) is 0.779. The van der Waals surface area contributed by atoms with Crippen molar-refractivity contribution in [2.45, 2.75) is 78.2 Å². The lowest BCUT2D eigenvalue weighted by atomic mass is 9.85. The molecule has 0 aliphatic carbocycles. The van der Waals surface area contributed by atoms with Gasteiger partial charge in [-0.25, -0.2) is 0 Å². The summed E-state index contributed by atoms with van der Waals surface area (Å²) in [6.07, 6.45) is 0. The van der Waals surface area contributed by atoms with Gasteiger partial charge < -0.3 is 8.85 Å². The maximum Gasteiger partial charge on any atom is 0.229 e. The van der Waals surface area contributed by atoms with E-state index in [1.807, 2.05) is 12.1 Å². The van der Waals surface area contributed by atoms with Gasteiger partial charge in [0.2, 0.25) is 9.04 Å². The molecule has 0 atom stereocenters. The second-order valence-electron chi connectivity index (χ2n) is 9.57. The summed E-state index contributed by atoms with van der Waals surface area (Å²) in [4.78, 5) is 12.9. The molecule has 5 heteroatoms. The Labute approximate surface area is 157 Å².